The van der Waals surface area contributed by atoms with Crippen molar-refractivity contribution in [3.05, 3.63) is 29.8 Å². The summed E-state index contributed by atoms with van der Waals surface area (Å²) >= 11 is 0. The maximum atomic E-state index is 11.3. The third-order valence-corrected chi connectivity index (χ3v) is 3.46. The second kappa shape index (κ2) is 6.57. The number of nitrogens with zero attached hydrogens (tertiary/aromatic N) is 2. The Morgan fingerprint density at radius 3 is 2.32 bits per heavy atom. The van der Waals surface area contributed by atoms with E-state index in [1.165, 1.54) is 5.56 Å². The molecule has 4 nitrogen and oxygen atoms in total. The van der Waals surface area contributed by atoms with E-state index in [0.717, 1.165) is 38.5 Å². The minimum Gasteiger partial charge on any atom is -0.494 e. The van der Waals surface area contributed by atoms with Crippen molar-refractivity contribution in [1.82, 2.24) is 9.80 Å². The van der Waals surface area contributed by atoms with E-state index >= 15 is 0 Å². The van der Waals surface area contributed by atoms with Gasteiger partial charge in [-0.2, -0.15) is 0 Å². The lowest BCUT2D eigenvalue weighted by Crippen LogP contribution is -2.47. The van der Waals surface area contributed by atoms with E-state index < -0.39 is 0 Å². The van der Waals surface area contributed by atoms with Gasteiger partial charge in [-0.05, 0) is 24.6 Å². The number of benzene rings is 1. The summed E-state index contributed by atoms with van der Waals surface area (Å²) < 4.78 is 5.43. The van der Waals surface area contributed by atoms with Gasteiger partial charge in [-0.25, -0.2) is 0 Å². The number of amides is 1. The fraction of sp³-hybridized carbons (Fsp3) is 0.533. The molecule has 104 valence electrons. The van der Waals surface area contributed by atoms with Gasteiger partial charge < -0.3 is 9.64 Å². The Labute approximate surface area is 115 Å². The van der Waals surface area contributed by atoms with Gasteiger partial charge in [0, 0.05) is 39.6 Å². The van der Waals surface area contributed by atoms with Crippen LogP contribution in [0.25, 0.3) is 0 Å². The van der Waals surface area contributed by atoms with Crippen molar-refractivity contribution in [2.75, 3.05) is 32.8 Å². The van der Waals surface area contributed by atoms with E-state index in [1.54, 1.807) is 6.92 Å². The van der Waals surface area contributed by atoms with E-state index in [9.17, 15) is 4.79 Å². The highest BCUT2D eigenvalue weighted by Crippen LogP contribution is 2.14. The second-order valence-corrected chi connectivity index (χ2v) is 4.86. The van der Waals surface area contributed by atoms with Crippen LogP contribution < -0.4 is 4.74 Å². The van der Waals surface area contributed by atoms with Crippen LogP contribution in [-0.2, 0) is 11.3 Å². The predicted octanol–water partition coefficient (Wildman–Crippen LogP) is 1.75. The van der Waals surface area contributed by atoms with Crippen molar-refractivity contribution in [3.63, 3.8) is 0 Å². The van der Waals surface area contributed by atoms with Gasteiger partial charge in [-0.3, -0.25) is 9.69 Å². The van der Waals surface area contributed by atoms with Gasteiger partial charge in [0.2, 0.25) is 5.91 Å². The van der Waals surface area contributed by atoms with Gasteiger partial charge in [0.15, 0.2) is 0 Å². The molecular weight excluding hydrogens is 240 g/mol. The topological polar surface area (TPSA) is 32.8 Å². The fourth-order valence-corrected chi connectivity index (χ4v) is 2.34. The van der Waals surface area contributed by atoms with E-state index in [0.29, 0.717) is 6.61 Å². The summed E-state index contributed by atoms with van der Waals surface area (Å²) in [7, 11) is 0. The normalized spacial score (nSPS) is 16.4. The number of hydrogen-bond acceptors (Lipinski definition) is 3. The first kappa shape index (κ1) is 13.9. The number of piperazine rings is 1. The highest BCUT2D eigenvalue weighted by Gasteiger charge is 2.18. The van der Waals surface area contributed by atoms with Crippen molar-refractivity contribution in [2.45, 2.75) is 20.4 Å². The Balaban J connectivity index is 1.83. The zero-order valence-corrected chi connectivity index (χ0v) is 11.8. The summed E-state index contributed by atoms with van der Waals surface area (Å²) in [5.74, 6) is 1.10. The molecule has 1 saturated heterocycles. The zero-order valence-electron chi connectivity index (χ0n) is 11.8. The first-order valence-electron chi connectivity index (χ1n) is 6.88. The van der Waals surface area contributed by atoms with Gasteiger partial charge >= 0.3 is 0 Å². The molecule has 1 fully saturated rings. The highest BCUT2D eigenvalue weighted by molar-refractivity contribution is 5.73. The Hall–Kier alpha value is -1.55. The SMILES string of the molecule is CCOc1ccc(CN2CCN(C(C)=O)CC2)cc1. The third kappa shape index (κ3) is 3.96. The summed E-state index contributed by atoms with van der Waals surface area (Å²) in [6, 6.07) is 8.26. The minimum atomic E-state index is 0.181. The summed E-state index contributed by atoms with van der Waals surface area (Å²) in [5, 5.41) is 0. The first-order chi connectivity index (χ1) is 9.19. The lowest BCUT2D eigenvalue weighted by atomic mass is 10.2. The van der Waals surface area contributed by atoms with Crippen LogP contribution in [0.2, 0.25) is 0 Å². The standard InChI is InChI=1S/C15H22N2O2/c1-3-19-15-6-4-14(5-7-15)12-16-8-10-17(11-9-16)13(2)18/h4-7H,3,8-12H2,1-2H3. The van der Waals surface area contributed by atoms with Crippen LogP contribution in [0.1, 0.15) is 19.4 Å². The fourth-order valence-electron chi connectivity index (χ4n) is 2.34. The van der Waals surface area contributed by atoms with Crippen LogP contribution in [0.5, 0.6) is 5.75 Å². The number of carbonyl (C=O) groups is 1. The van der Waals surface area contributed by atoms with Gasteiger partial charge in [0.05, 0.1) is 6.61 Å². The van der Waals surface area contributed by atoms with Gasteiger partial charge in [-0.15, -0.1) is 0 Å². The summed E-state index contributed by atoms with van der Waals surface area (Å²) in [6.07, 6.45) is 0. The summed E-state index contributed by atoms with van der Waals surface area (Å²) in [6.45, 7) is 8.85. The summed E-state index contributed by atoms with van der Waals surface area (Å²) in [4.78, 5) is 15.6. The highest BCUT2D eigenvalue weighted by atomic mass is 16.5. The molecule has 0 aliphatic carbocycles. The monoisotopic (exact) mass is 262 g/mol. The lowest BCUT2D eigenvalue weighted by Gasteiger charge is -2.34. The average Bonchev–Trinajstić information content (AvgIpc) is 2.42. The second-order valence-electron chi connectivity index (χ2n) is 4.86. The Morgan fingerprint density at radius 1 is 1.16 bits per heavy atom. The van der Waals surface area contributed by atoms with Crippen LogP contribution >= 0.6 is 0 Å². The van der Waals surface area contributed by atoms with Crippen LogP contribution in [0.4, 0.5) is 0 Å². The molecule has 0 saturated carbocycles. The van der Waals surface area contributed by atoms with Gasteiger partial charge in [0.25, 0.3) is 0 Å². The maximum Gasteiger partial charge on any atom is 0.219 e. The molecule has 1 aliphatic heterocycles. The number of ether oxygens (including phenoxy) is 1. The van der Waals surface area contributed by atoms with Crippen LogP contribution in [0.15, 0.2) is 24.3 Å². The molecule has 1 aromatic carbocycles. The van der Waals surface area contributed by atoms with E-state index in [1.807, 2.05) is 24.0 Å². The van der Waals surface area contributed by atoms with Crippen LogP contribution in [-0.4, -0.2) is 48.5 Å². The molecule has 1 aromatic rings. The number of carbonyl (C=O) groups excluding carboxylic acids is 1. The molecule has 0 N–H and O–H groups in total. The molecule has 1 heterocycles. The molecule has 19 heavy (non-hydrogen) atoms. The quantitative estimate of drug-likeness (QED) is 0.828. The molecule has 2 rings (SSSR count). The Kier molecular flexibility index (Phi) is 4.80. The predicted molar refractivity (Wildman–Crippen MR) is 75.1 cm³/mol. The molecule has 0 bridgehead atoms. The molecule has 0 radical (unpaired) electrons. The zero-order chi connectivity index (χ0) is 13.7. The molecule has 0 spiro atoms. The molecule has 1 aliphatic rings. The summed E-state index contributed by atoms with van der Waals surface area (Å²) in [5.41, 5.74) is 1.29. The van der Waals surface area contributed by atoms with E-state index in [4.69, 9.17) is 4.74 Å². The average molecular weight is 262 g/mol. The first-order valence-corrected chi connectivity index (χ1v) is 6.88. The molecule has 0 atom stereocenters. The van der Waals surface area contributed by atoms with Crippen molar-refractivity contribution < 1.29 is 9.53 Å². The van der Waals surface area contributed by atoms with Crippen LogP contribution in [0, 0.1) is 0 Å². The van der Waals surface area contributed by atoms with E-state index in [2.05, 4.69) is 17.0 Å². The Bertz CT molecular complexity index is 409. The maximum absolute atomic E-state index is 11.3. The molecule has 0 aromatic heterocycles. The van der Waals surface area contributed by atoms with Crippen molar-refractivity contribution in [1.29, 1.82) is 0 Å². The van der Waals surface area contributed by atoms with Crippen molar-refractivity contribution >= 4 is 5.91 Å². The van der Waals surface area contributed by atoms with Crippen molar-refractivity contribution in [3.8, 4) is 5.75 Å². The molecule has 0 unspecified atom stereocenters. The molecular formula is C15H22N2O2. The van der Waals surface area contributed by atoms with Crippen molar-refractivity contribution in [2.24, 2.45) is 0 Å². The van der Waals surface area contributed by atoms with Gasteiger partial charge in [0.1, 0.15) is 5.75 Å². The van der Waals surface area contributed by atoms with Gasteiger partial charge in [-0.1, -0.05) is 12.1 Å². The smallest absolute Gasteiger partial charge is 0.219 e. The van der Waals surface area contributed by atoms with Crippen LogP contribution in [0.3, 0.4) is 0 Å². The lowest BCUT2D eigenvalue weighted by molar-refractivity contribution is -0.130. The largest absolute Gasteiger partial charge is 0.494 e. The van der Waals surface area contributed by atoms with E-state index in [-0.39, 0.29) is 5.91 Å². The number of hydrogen-bond donors (Lipinski definition) is 0. The Morgan fingerprint density at radius 2 is 1.79 bits per heavy atom. The molecule has 1 amide bonds. The third-order valence-electron chi connectivity index (χ3n) is 3.46. The number of rotatable bonds is 4. The minimum absolute atomic E-state index is 0.181. The molecule has 4 heteroatoms.